The lowest BCUT2D eigenvalue weighted by Crippen LogP contribution is -2.46. The van der Waals surface area contributed by atoms with Crippen molar-refractivity contribution in [1.82, 2.24) is 19.9 Å². The summed E-state index contributed by atoms with van der Waals surface area (Å²) in [6.45, 7) is 6.13. The molecule has 0 saturated carbocycles. The van der Waals surface area contributed by atoms with E-state index in [4.69, 9.17) is 9.90 Å². The predicted molar refractivity (Wildman–Crippen MR) is 117 cm³/mol. The van der Waals surface area contributed by atoms with Gasteiger partial charge in [0, 0.05) is 25.8 Å². The van der Waals surface area contributed by atoms with Crippen LogP contribution < -0.4 is 21.8 Å². The van der Waals surface area contributed by atoms with Gasteiger partial charge in [-0.3, -0.25) is 9.59 Å². The number of nitrogens with one attached hydrogen (secondary N) is 3. The van der Waals surface area contributed by atoms with Crippen molar-refractivity contribution in [3.8, 4) is 0 Å². The summed E-state index contributed by atoms with van der Waals surface area (Å²) >= 11 is 4.84. The van der Waals surface area contributed by atoms with Gasteiger partial charge in [-0.15, -0.1) is 11.3 Å². The summed E-state index contributed by atoms with van der Waals surface area (Å²) in [5, 5.41) is 9.42. The highest BCUT2D eigenvalue weighted by molar-refractivity contribution is 9.10. The van der Waals surface area contributed by atoms with Gasteiger partial charge in [0.1, 0.15) is 10.7 Å². The van der Waals surface area contributed by atoms with E-state index >= 15 is 0 Å². The Morgan fingerprint density at radius 1 is 1.12 bits per heavy atom. The summed E-state index contributed by atoms with van der Waals surface area (Å²) in [7, 11) is 0. The van der Waals surface area contributed by atoms with Gasteiger partial charge >= 0.3 is 12.1 Å². The van der Waals surface area contributed by atoms with Gasteiger partial charge in [0.2, 0.25) is 0 Å². The summed E-state index contributed by atoms with van der Waals surface area (Å²) in [6, 6.07) is 1.88. The lowest BCUT2D eigenvalue weighted by molar-refractivity contribution is -0.192. The number of nitrogens with zero attached hydrogens (tertiary/aromatic N) is 1. The van der Waals surface area contributed by atoms with Gasteiger partial charge in [0.05, 0.1) is 12.0 Å². The van der Waals surface area contributed by atoms with Crippen LogP contribution in [0.3, 0.4) is 0 Å². The normalized spacial score (nSPS) is 13.1. The number of imidazole rings is 1. The van der Waals surface area contributed by atoms with Crippen LogP contribution in [-0.4, -0.2) is 37.2 Å². The number of alkyl halides is 3. The zero-order valence-corrected chi connectivity index (χ0v) is 19.3. The number of hydrogen-bond acceptors (Lipinski definition) is 5. The topological polar surface area (TPSA) is 132 Å². The molecule has 0 fully saturated rings. The predicted octanol–water partition coefficient (Wildman–Crippen LogP) is 2.20. The third kappa shape index (κ3) is 6.79. The van der Waals surface area contributed by atoms with Crippen molar-refractivity contribution in [3.63, 3.8) is 0 Å². The van der Waals surface area contributed by atoms with E-state index < -0.39 is 12.1 Å². The molecule has 0 aliphatic heterocycles. The van der Waals surface area contributed by atoms with Crippen molar-refractivity contribution in [3.05, 3.63) is 69.9 Å². The Morgan fingerprint density at radius 3 is 2.09 bits per heavy atom. The number of H-pyrrole nitrogens is 3. The maximum atomic E-state index is 12.4. The molecular formula is C19H18BrF3N4O4S. The SMILES string of the molecule is CC(C)(C)c1[nH]cnc1/C=c1\[nH]c(=O)/c(=C/c2cc(Br)cs2)[nH]c1=O.O=C(O)C(F)(F)F. The Bertz CT molecular complexity index is 1350. The van der Waals surface area contributed by atoms with E-state index in [1.165, 1.54) is 11.3 Å². The number of carboxylic acids is 1. The molecule has 0 spiro atoms. The summed E-state index contributed by atoms with van der Waals surface area (Å²) in [5.74, 6) is -2.76. The van der Waals surface area contributed by atoms with E-state index in [0.29, 0.717) is 5.69 Å². The molecule has 13 heteroatoms. The molecule has 3 rings (SSSR count). The number of rotatable bonds is 2. The molecule has 8 nitrogen and oxygen atoms in total. The van der Waals surface area contributed by atoms with E-state index in [0.717, 1.165) is 15.0 Å². The Labute approximate surface area is 190 Å². The van der Waals surface area contributed by atoms with Crippen LogP contribution in [0.15, 0.2) is 31.8 Å². The number of carbonyl (C=O) groups is 1. The summed E-state index contributed by atoms with van der Waals surface area (Å²) in [5.41, 5.74) is 0.641. The Hall–Kier alpha value is -2.93. The van der Waals surface area contributed by atoms with Gasteiger partial charge in [-0.25, -0.2) is 9.78 Å². The number of aromatic amines is 3. The molecule has 3 aromatic rings. The molecule has 0 amide bonds. The number of aromatic nitrogens is 4. The molecule has 0 bridgehead atoms. The minimum absolute atomic E-state index is 0.157. The summed E-state index contributed by atoms with van der Waals surface area (Å²) < 4.78 is 32.7. The number of carboxylic acid groups (broad SMARTS) is 1. The fraction of sp³-hybridized carbons (Fsp3) is 0.263. The van der Waals surface area contributed by atoms with Crippen molar-refractivity contribution in [2.24, 2.45) is 0 Å². The van der Waals surface area contributed by atoms with Crippen LogP contribution in [0.5, 0.6) is 0 Å². The molecule has 0 radical (unpaired) electrons. The number of aliphatic carboxylic acids is 1. The third-order valence-electron chi connectivity index (χ3n) is 3.80. The van der Waals surface area contributed by atoms with Crippen LogP contribution in [0.25, 0.3) is 12.2 Å². The summed E-state index contributed by atoms with van der Waals surface area (Å²) in [6.07, 6.45) is -0.271. The van der Waals surface area contributed by atoms with E-state index in [1.54, 1.807) is 18.5 Å². The van der Waals surface area contributed by atoms with Crippen LogP contribution >= 0.6 is 27.3 Å². The van der Waals surface area contributed by atoms with Gasteiger partial charge in [0.15, 0.2) is 0 Å². The van der Waals surface area contributed by atoms with Crippen LogP contribution in [0.2, 0.25) is 0 Å². The molecule has 172 valence electrons. The van der Waals surface area contributed by atoms with Gasteiger partial charge in [-0.05, 0) is 34.1 Å². The van der Waals surface area contributed by atoms with Crippen LogP contribution in [0.1, 0.15) is 37.0 Å². The van der Waals surface area contributed by atoms with E-state index in [2.05, 4.69) is 35.9 Å². The summed E-state index contributed by atoms with van der Waals surface area (Å²) in [4.78, 5) is 47.0. The molecule has 3 aromatic heterocycles. The standard InChI is InChI=1S/C17H17BrN4O2S.C2HF3O2/c1-17(2,3)14-11(19-8-20-14)6-13-16(24)21-12(15(23)22-13)5-10-4-9(18)7-25-10;3-2(4,5)1(6)7/h4-8H,1-3H3,(H,19,20)(H,21,24)(H,22,23);(H,6,7)/b12-5-,13-6-;. The quantitative estimate of drug-likeness (QED) is 0.400. The second-order valence-corrected chi connectivity index (χ2v) is 9.27. The fourth-order valence-corrected chi connectivity index (χ4v) is 3.77. The lowest BCUT2D eigenvalue weighted by atomic mass is 9.90. The number of hydrogen-bond donors (Lipinski definition) is 4. The monoisotopic (exact) mass is 534 g/mol. The molecule has 0 saturated heterocycles. The third-order valence-corrected chi connectivity index (χ3v) is 5.44. The Balaban J connectivity index is 0.000000451. The largest absolute Gasteiger partial charge is 0.490 e. The first-order chi connectivity index (χ1) is 14.7. The second kappa shape index (κ2) is 9.69. The second-order valence-electron chi connectivity index (χ2n) is 7.41. The van der Waals surface area contributed by atoms with Crippen LogP contribution in [0, 0.1) is 0 Å². The van der Waals surface area contributed by atoms with E-state index in [9.17, 15) is 22.8 Å². The highest BCUT2D eigenvalue weighted by Gasteiger charge is 2.38. The molecule has 0 unspecified atom stereocenters. The maximum absolute atomic E-state index is 12.4. The molecular weight excluding hydrogens is 517 g/mol. The van der Waals surface area contributed by atoms with Crippen molar-refractivity contribution in [2.75, 3.05) is 0 Å². The molecule has 0 aliphatic rings. The Morgan fingerprint density at radius 2 is 1.66 bits per heavy atom. The average molecular weight is 535 g/mol. The molecule has 4 N–H and O–H groups in total. The highest BCUT2D eigenvalue weighted by Crippen LogP contribution is 2.23. The van der Waals surface area contributed by atoms with Gasteiger partial charge in [0.25, 0.3) is 11.1 Å². The first-order valence-corrected chi connectivity index (χ1v) is 10.5. The zero-order valence-electron chi connectivity index (χ0n) is 16.9. The van der Waals surface area contributed by atoms with Crippen molar-refractivity contribution in [2.45, 2.75) is 32.4 Å². The zero-order chi connectivity index (χ0) is 24.3. The minimum Gasteiger partial charge on any atom is -0.475 e. The van der Waals surface area contributed by atoms with Crippen molar-refractivity contribution < 1.29 is 23.1 Å². The fourth-order valence-electron chi connectivity index (χ4n) is 2.39. The molecule has 32 heavy (non-hydrogen) atoms. The van der Waals surface area contributed by atoms with Gasteiger partial charge < -0.3 is 20.1 Å². The molecule has 3 heterocycles. The molecule has 0 aromatic carbocycles. The van der Waals surface area contributed by atoms with Crippen molar-refractivity contribution in [1.29, 1.82) is 0 Å². The van der Waals surface area contributed by atoms with Gasteiger partial charge in [-0.1, -0.05) is 20.8 Å². The highest BCUT2D eigenvalue weighted by atomic mass is 79.9. The first kappa shape index (κ1) is 25.3. The molecule has 0 atom stereocenters. The van der Waals surface area contributed by atoms with Crippen LogP contribution in [-0.2, 0) is 10.2 Å². The molecule has 0 aliphatic carbocycles. The van der Waals surface area contributed by atoms with E-state index in [1.807, 2.05) is 32.2 Å². The van der Waals surface area contributed by atoms with Crippen molar-refractivity contribution >= 4 is 45.4 Å². The first-order valence-electron chi connectivity index (χ1n) is 8.82. The average Bonchev–Trinajstić information content (AvgIpc) is 3.27. The minimum atomic E-state index is -5.08. The van der Waals surface area contributed by atoms with Gasteiger partial charge in [-0.2, -0.15) is 13.2 Å². The van der Waals surface area contributed by atoms with Crippen LogP contribution in [0.4, 0.5) is 13.2 Å². The van der Waals surface area contributed by atoms with E-state index in [-0.39, 0.29) is 27.2 Å². The smallest absolute Gasteiger partial charge is 0.475 e. The maximum Gasteiger partial charge on any atom is 0.490 e. The lowest BCUT2D eigenvalue weighted by Gasteiger charge is -2.16. The Kier molecular flexibility index (Phi) is 7.67. The number of thiophene rings is 1. The number of halogens is 4.